The van der Waals surface area contributed by atoms with Crippen molar-refractivity contribution in [3.63, 3.8) is 0 Å². The molecule has 138 valence electrons. The van der Waals surface area contributed by atoms with E-state index < -0.39 is 0 Å². The monoisotopic (exact) mass is 364 g/mol. The summed E-state index contributed by atoms with van der Waals surface area (Å²) in [6.07, 6.45) is 4.12. The van der Waals surface area contributed by atoms with E-state index in [1.807, 2.05) is 6.07 Å². The van der Waals surface area contributed by atoms with Crippen molar-refractivity contribution in [2.45, 2.75) is 12.8 Å². The molecule has 1 atom stereocenters. The number of nitrogen functional groups attached to an aromatic ring is 1. The number of amides is 2. The van der Waals surface area contributed by atoms with Gasteiger partial charge in [-0.3, -0.25) is 9.59 Å². The van der Waals surface area contributed by atoms with Crippen molar-refractivity contribution in [3.8, 4) is 11.8 Å². The molecule has 1 fully saturated rings. The van der Waals surface area contributed by atoms with Crippen LogP contribution >= 0.6 is 0 Å². The van der Waals surface area contributed by atoms with Crippen LogP contribution in [0.3, 0.4) is 0 Å². The van der Waals surface area contributed by atoms with Crippen LogP contribution in [0.15, 0.2) is 43.1 Å². The number of para-hydroxylation sites is 2. The summed E-state index contributed by atoms with van der Waals surface area (Å²) in [5, 5.41) is 16.1. The van der Waals surface area contributed by atoms with Crippen LogP contribution in [0.25, 0.3) is 5.69 Å². The van der Waals surface area contributed by atoms with Gasteiger partial charge in [-0.15, -0.1) is 0 Å². The number of anilines is 2. The summed E-state index contributed by atoms with van der Waals surface area (Å²) >= 11 is 0. The number of likely N-dealkylation sites (tertiary alicyclic amines) is 1. The average molecular weight is 364 g/mol. The van der Waals surface area contributed by atoms with Gasteiger partial charge in [-0.25, -0.2) is 4.68 Å². The number of carbonyl (C=O) groups excluding carboxylic acids is 2. The third kappa shape index (κ3) is 3.67. The molecule has 0 aliphatic carbocycles. The predicted octanol–water partition coefficient (Wildman–Crippen LogP) is 1.69. The molecule has 3 rings (SSSR count). The molecule has 0 saturated carbocycles. The van der Waals surface area contributed by atoms with Gasteiger partial charge in [-0.05, 0) is 31.1 Å². The molecule has 1 aromatic carbocycles. The first-order valence-electron chi connectivity index (χ1n) is 8.60. The fraction of sp³-hybridized carbons (Fsp3) is 0.263. The number of hydrogen-bond donors (Lipinski definition) is 2. The lowest BCUT2D eigenvalue weighted by atomic mass is 9.97. The van der Waals surface area contributed by atoms with E-state index in [1.165, 1.54) is 17.0 Å². The zero-order valence-electron chi connectivity index (χ0n) is 14.8. The molecule has 0 radical (unpaired) electrons. The fourth-order valence-electron chi connectivity index (χ4n) is 3.16. The summed E-state index contributed by atoms with van der Waals surface area (Å²) in [5.74, 6) is -0.434. The van der Waals surface area contributed by atoms with E-state index in [1.54, 1.807) is 29.2 Å². The van der Waals surface area contributed by atoms with Gasteiger partial charge in [-0.2, -0.15) is 10.4 Å². The maximum Gasteiger partial charge on any atom is 0.245 e. The van der Waals surface area contributed by atoms with E-state index in [4.69, 9.17) is 11.0 Å². The molecule has 3 N–H and O–H groups in total. The molecule has 2 amide bonds. The van der Waals surface area contributed by atoms with Crippen LogP contribution in [-0.4, -0.2) is 39.6 Å². The number of carbonyl (C=O) groups is 2. The SMILES string of the molecule is C=CC(=O)N1CCCC(C(=O)Nc2ccccc2-n2ncc(C#N)c2N)C1. The number of aromatic nitrogens is 2. The second-order valence-corrected chi connectivity index (χ2v) is 6.30. The molecule has 2 heterocycles. The summed E-state index contributed by atoms with van der Waals surface area (Å²) in [5.41, 5.74) is 7.34. The van der Waals surface area contributed by atoms with Gasteiger partial charge in [-0.1, -0.05) is 18.7 Å². The Bertz CT molecular complexity index is 927. The molecule has 27 heavy (non-hydrogen) atoms. The smallest absolute Gasteiger partial charge is 0.245 e. The third-order valence-corrected chi connectivity index (χ3v) is 4.60. The van der Waals surface area contributed by atoms with E-state index in [0.717, 1.165) is 6.42 Å². The zero-order chi connectivity index (χ0) is 19.4. The number of hydrogen-bond acceptors (Lipinski definition) is 5. The van der Waals surface area contributed by atoms with Gasteiger partial charge in [0.25, 0.3) is 0 Å². The number of nitriles is 1. The molecule has 1 saturated heterocycles. The molecule has 1 aromatic heterocycles. The number of rotatable bonds is 4. The molecule has 1 aliphatic rings. The highest BCUT2D eigenvalue weighted by Gasteiger charge is 2.28. The van der Waals surface area contributed by atoms with Gasteiger partial charge < -0.3 is 16.0 Å². The topological polar surface area (TPSA) is 117 Å². The average Bonchev–Trinajstić information content (AvgIpc) is 3.08. The second kappa shape index (κ2) is 7.74. The molecular weight excluding hydrogens is 344 g/mol. The molecule has 8 nitrogen and oxygen atoms in total. The van der Waals surface area contributed by atoms with Gasteiger partial charge in [0.15, 0.2) is 0 Å². The maximum absolute atomic E-state index is 12.8. The van der Waals surface area contributed by atoms with E-state index in [2.05, 4.69) is 17.0 Å². The van der Waals surface area contributed by atoms with Gasteiger partial charge in [0.05, 0.1) is 23.5 Å². The summed E-state index contributed by atoms with van der Waals surface area (Å²) in [7, 11) is 0. The molecular formula is C19H20N6O2. The maximum atomic E-state index is 12.8. The van der Waals surface area contributed by atoms with Crippen molar-refractivity contribution in [1.82, 2.24) is 14.7 Å². The van der Waals surface area contributed by atoms with E-state index in [-0.39, 0.29) is 29.1 Å². The highest BCUT2D eigenvalue weighted by atomic mass is 16.2. The van der Waals surface area contributed by atoms with Crippen molar-refractivity contribution >= 4 is 23.3 Å². The summed E-state index contributed by atoms with van der Waals surface area (Å²) in [6, 6.07) is 9.07. The number of piperidine rings is 1. The lowest BCUT2D eigenvalue weighted by molar-refractivity contribution is -0.130. The van der Waals surface area contributed by atoms with Crippen molar-refractivity contribution in [3.05, 3.63) is 48.7 Å². The Balaban J connectivity index is 1.81. The molecule has 0 bridgehead atoms. The van der Waals surface area contributed by atoms with Crippen molar-refractivity contribution < 1.29 is 9.59 Å². The Kier molecular flexibility index (Phi) is 5.22. The molecule has 2 aromatic rings. The van der Waals surface area contributed by atoms with Crippen LogP contribution in [-0.2, 0) is 9.59 Å². The van der Waals surface area contributed by atoms with Crippen LogP contribution in [0.5, 0.6) is 0 Å². The number of benzene rings is 1. The third-order valence-electron chi connectivity index (χ3n) is 4.60. The van der Waals surface area contributed by atoms with E-state index in [9.17, 15) is 9.59 Å². The lowest BCUT2D eigenvalue weighted by Gasteiger charge is -2.31. The standard InChI is InChI=1S/C19H20N6O2/c1-2-17(26)24-9-5-6-13(12-24)19(27)23-15-7-3-4-8-16(15)25-18(21)14(10-20)11-22-25/h2-4,7-8,11,13H,1,5-6,9,12,21H2,(H,23,27). The van der Waals surface area contributed by atoms with Crippen molar-refractivity contribution in [2.75, 3.05) is 24.1 Å². The molecule has 1 aliphatic heterocycles. The minimum absolute atomic E-state index is 0.166. The molecule has 1 unspecified atom stereocenters. The van der Waals surface area contributed by atoms with Gasteiger partial charge in [0.2, 0.25) is 11.8 Å². The Hall–Kier alpha value is -3.60. The van der Waals surface area contributed by atoms with Crippen molar-refractivity contribution in [2.24, 2.45) is 5.92 Å². The first-order valence-corrected chi connectivity index (χ1v) is 8.60. The first kappa shape index (κ1) is 18.2. The number of nitrogens with zero attached hydrogens (tertiary/aromatic N) is 4. The summed E-state index contributed by atoms with van der Waals surface area (Å²) < 4.78 is 1.42. The normalized spacial score (nSPS) is 16.4. The second-order valence-electron chi connectivity index (χ2n) is 6.30. The van der Waals surface area contributed by atoms with Crippen LogP contribution in [0, 0.1) is 17.2 Å². The number of nitrogens with one attached hydrogen (secondary N) is 1. The highest BCUT2D eigenvalue weighted by molar-refractivity contribution is 5.95. The molecule has 8 heteroatoms. The van der Waals surface area contributed by atoms with Crippen LogP contribution < -0.4 is 11.1 Å². The fourth-order valence-corrected chi connectivity index (χ4v) is 3.16. The zero-order valence-corrected chi connectivity index (χ0v) is 14.8. The minimum Gasteiger partial charge on any atom is -0.382 e. The van der Waals surface area contributed by atoms with Crippen LogP contribution in [0.1, 0.15) is 18.4 Å². The quantitative estimate of drug-likeness (QED) is 0.801. The van der Waals surface area contributed by atoms with E-state index in [0.29, 0.717) is 30.9 Å². The Morgan fingerprint density at radius 2 is 2.19 bits per heavy atom. The largest absolute Gasteiger partial charge is 0.382 e. The van der Waals surface area contributed by atoms with Crippen LogP contribution in [0.2, 0.25) is 0 Å². The summed E-state index contributed by atoms with van der Waals surface area (Å²) in [4.78, 5) is 26.2. The Labute approximate surface area is 156 Å². The van der Waals surface area contributed by atoms with E-state index >= 15 is 0 Å². The minimum atomic E-state index is -0.305. The van der Waals surface area contributed by atoms with Gasteiger partial charge in [0.1, 0.15) is 17.5 Å². The van der Waals surface area contributed by atoms with Gasteiger partial charge >= 0.3 is 0 Å². The Morgan fingerprint density at radius 3 is 2.89 bits per heavy atom. The van der Waals surface area contributed by atoms with Gasteiger partial charge in [0, 0.05) is 13.1 Å². The van der Waals surface area contributed by atoms with Crippen molar-refractivity contribution in [1.29, 1.82) is 5.26 Å². The molecule has 0 spiro atoms. The summed E-state index contributed by atoms with van der Waals surface area (Å²) in [6.45, 7) is 4.49. The lowest BCUT2D eigenvalue weighted by Crippen LogP contribution is -2.43. The number of nitrogens with two attached hydrogens (primary N) is 1. The predicted molar refractivity (Wildman–Crippen MR) is 101 cm³/mol. The Morgan fingerprint density at radius 1 is 1.41 bits per heavy atom. The van der Waals surface area contributed by atoms with Crippen LogP contribution in [0.4, 0.5) is 11.5 Å². The first-order chi connectivity index (χ1) is 13.0. The highest BCUT2D eigenvalue weighted by Crippen LogP contribution is 2.25.